The minimum absolute atomic E-state index is 0.00375. The summed E-state index contributed by atoms with van der Waals surface area (Å²) >= 11 is 0. The van der Waals surface area contributed by atoms with Gasteiger partial charge in [-0.1, -0.05) is 19.8 Å². The second kappa shape index (κ2) is 13.0. The third-order valence-electron chi connectivity index (χ3n) is 8.96. The number of halogens is 6. The largest absolute Gasteiger partial charge is 0.481 e. The summed E-state index contributed by atoms with van der Waals surface area (Å²) < 4.78 is 89.3. The molecule has 2 fully saturated rings. The highest BCUT2D eigenvalue weighted by Gasteiger charge is 2.45. The summed E-state index contributed by atoms with van der Waals surface area (Å²) in [5.74, 6) is -0.999. The van der Waals surface area contributed by atoms with Gasteiger partial charge in [-0.15, -0.1) is 0 Å². The molecule has 1 saturated heterocycles. The Morgan fingerprint density at radius 2 is 1.62 bits per heavy atom. The number of aromatic nitrogens is 4. The number of aliphatic carboxylic acids is 1. The minimum Gasteiger partial charge on any atom is -0.481 e. The summed E-state index contributed by atoms with van der Waals surface area (Å²) in [5, 5.41) is 13.9. The highest BCUT2D eigenvalue weighted by atomic mass is 19.4. The molecule has 0 unspecified atom stereocenters. The van der Waals surface area contributed by atoms with Gasteiger partial charge in [0.2, 0.25) is 5.95 Å². The van der Waals surface area contributed by atoms with Crippen LogP contribution >= 0.6 is 0 Å². The maximum Gasteiger partial charge on any atom is 0.416 e. The van der Waals surface area contributed by atoms with E-state index < -0.39 is 59.6 Å². The van der Waals surface area contributed by atoms with Gasteiger partial charge in [0.05, 0.1) is 23.4 Å². The van der Waals surface area contributed by atoms with Gasteiger partial charge in [0, 0.05) is 55.9 Å². The van der Waals surface area contributed by atoms with Gasteiger partial charge >= 0.3 is 24.4 Å². The molecule has 16 heteroatoms. The molecule has 254 valence electrons. The van der Waals surface area contributed by atoms with Crippen LogP contribution in [0.15, 0.2) is 43.0 Å². The fourth-order valence-electron chi connectivity index (χ4n) is 6.34. The molecule has 1 saturated carbocycles. The quantitative estimate of drug-likeness (QED) is 0.255. The van der Waals surface area contributed by atoms with Crippen LogP contribution in [0.25, 0.3) is 11.1 Å². The Morgan fingerprint density at radius 1 is 1.00 bits per heavy atom. The predicted octanol–water partition coefficient (Wildman–Crippen LogP) is 6.56. The lowest BCUT2D eigenvalue weighted by Gasteiger charge is -2.30. The van der Waals surface area contributed by atoms with E-state index in [1.807, 2.05) is 6.92 Å². The molecule has 0 bridgehead atoms. The summed E-state index contributed by atoms with van der Waals surface area (Å²) in [6.45, 7) is 1.10. The average Bonchev–Trinajstić information content (AvgIpc) is 3.78. The molecule has 1 aliphatic heterocycles. The van der Waals surface area contributed by atoms with Crippen molar-refractivity contribution in [1.29, 1.82) is 0 Å². The first-order chi connectivity index (χ1) is 22.1. The molecule has 10 nitrogen and oxygen atoms in total. The fraction of sp³-hybridized carbons (Fsp3) is 0.516. The van der Waals surface area contributed by atoms with Crippen molar-refractivity contribution in [2.75, 3.05) is 18.1 Å². The van der Waals surface area contributed by atoms with Crippen LogP contribution in [0, 0.1) is 5.41 Å². The monoisotopic (exact) mass is 668 g/mol. The number of benzene rings is 1. The molecule has 1 amide bonds. The Hall–Kier alpha value is -4.37. The van der Waals surface area contributed by atoms with Gasteiger partial charge in [-0.05, 0) is 49.4 Å². The number of alkyl halides is 6. The molecule has 0 radical (unpaired) electrons. The normalized spacial score (nSPS) is 19.6. The van der Waals surface area contributed by atoms with E-state index in [1.165, 1.54) is 22.2 Å². The van der Waals surface area contributed by atoms with Crippen LogP contribution in [0.3, 0.4) is 0 Å². The van der Waals surface area contributed by atoms with Crippen LogP contribution in [0.4, 0.5) is 37.1 Å². The van der Waals surface area contributed by atoms with Crippen molar-refractivity contribution >= 4 is 18.0 Å². The lowest BCUT2D eigenvalue weighted by molar-refractivity contribution is -0.151. The highest BCUT2D eigenvalue weighted by Crippen LogP contribution is 2.40. The zero-order chi connectivity index (χ0) is 34.1. The van der Waals surface area contributed by atoms with E-state index in [4.69, 9.17) is 4.74 Å². The molecule has 1 aromatic carbocycles. The van der Waals surface area contributed by atoms with Crippen molar-refractivity contribution in [3.63, 3.8) is 0 Å². The number of hydrogen-bond donors (Lipinski definition) is 1. The maximum absolute atomic E-state index is 13.7. The summed E-state index contributed by atoms with van der Waals surface area (Å²) in [6, 6.07) is 0.373. The van der Waals surface area contributed by atoms with E-state index >= 15 is 0 Å². The standard InChI is InChI=1S/C31H34F6N6O4/c1-3-24-11-25(17-43(24)28(46)47-18-29(26(44)45)6-4-5-7-29)42(27-38-12-20(13-39-27)21-14-40-41(2)16-21)15-19-8-22(30(32,33)34)10-23(9-19)31(35,36)37/h8-10,12-14,16,24-25H,3-7,11,15,17-18H2,1-2H3,(H,44,45)/t24-,25+/m1/s1. The molecular formula is C31H34F6N6O4. The average molecular weight is 669 g/mol. The van der Waals surface area contributed by atoms with Crippen molar-refractivity contribution in [3.8, 4) is 11.1 Å². The van der Waals surface area contributed by atoms with Crippen molar-refractivity contribution in [1.82, 2.24) is 24.6 Å². The van der Waals surface area contributed by atoms with Crippen molar-refractivity contribution in [2.45, 2.75) is 76.4 Å². The van der Waals surface area contributed by atoms with Crippen LogP contribution in [-0.2, 0) is 35.5 Å². The summed E-state index contributed by atoms with van der Waals surface area (Å²) in [7, 11) is 1.72. The lowest BCUT2D eigenvalue weighted by Crippen LogP contribution is -2.42. The van der Waals surface area contributed by atoms with Crippen LogP contribution in [0.1, 0.15) is 62.1 Å². The molecule has 3 heterocycles. The molecule has 5 rings (SSSR count). The third kappa shape index (κ3) is 7.46. The molecule has 2 aliphatic rings. The van der Waals surface area contributed by atoms with E-state index in [2.05, 4.69) is 15.1 Å². The fourth-order valence-corrected chi connectivity index (χ4v) is 6.34. The highest BCUT2D eigenvalue weighted by molar-refractivity contribution is 5.76. The lowest BCUT2D eigenvalue weighted by atomic mass is 9.87. The number of hydrogen-bond acceptors (Lipinski definition) is 7. The molecule has 2 atom stereocenters. The smallest absolute Gasteiger partial charge is 0.416 e. The summed E-state index contributed by atoms with van der Waals surface area (Å²) in [4.78, 5) is 37.0. The van der Waals surface area contributed by atoms with E-state index in [9.17, 15) is 41.0 Å². The number of aryl methyl sites for hydroxylation is 1. The minimum atomic E-state index is -5.03. The van der Waals surface area contributed by atoms with E-state index in [1.54, 1.807) is 24.1 Å². The zero-order valence-corrected chi connectivity index (χ0v) is 25.7. The number of rotatable bonds is 9. The van der Waals surface area contributed by atoms with E-state index in [0.29, 0.717) is 55.4 Å². The Kier molecular flexibility index (Phi) is 9.42. The van der Waals surface area contributed by atoms with Crippen molar-refractivity contribution in [2.24, 2.45) is 12.5 Å². The number of nitrogens with zero attached hydrogens (tertiary/aromatic N) is 6. The SMILES string of the molecule is CC[C@@H]1C[C@H](N(Cc2cc(C(F)(F)F)cc(C(F)(F)F)c2)c2ncc(-c3cnn(C)c3)cn2)CN1C(=O)OCC1(C(=O)O)CCCC1. The Bertz CT molecular complexity index is 1550. The van der Waals surface area contributed by atoms with Gasteiger partial charge < -0.3 is 19.6 Å². The number of anilines is 1. The molecule has 3 aromatic rings. The second-order valence-electron chi connectivity index (χ2n) is 12.2. The molecule has 47 heavy (non-hydrogen) atoms. The van der Waals surface area contributed by atoms with Gasteiger partial charge in [0.1, 0.15) is 12.0 Å². The van der Waals surface area contributed by atoms with Crippen LogP contribution < -0.4 is 4.90 Å². The van der Waals surface area contributed by atoms with Gasteiger partial charge in [0.15, 0.2) is 0 Å². The van der Waals surface area contributed by atoms with E-state index in [-0.39, 0.29) is 37.2 Å². The zero-order valence-electron chi connectivity index (χ0n) is 25.7. The number of carbonyl (C=O) groups is 2. The number of carboxylic acids is 1. The summed E-state index contributed by atoms with van der Waals surface area (Å²) in [5.41, 5.74) is -3.05. The Balaban J connectivity index is 1.46. The molecule has 0 spiro atoms. The molecule has 2 aromatic heterocycles. The number of carboxylic acid groups (broad SMARTS) is 1. The predicted molar refractivity (Wildman–Crippen MR) is 156 cm³/mol. The topological polar surface area (TPSA) is 114 Å². The number of amides is 1. The van der Waals surface area contributed by atoms with Gasteiger partial charge in [-0.2, -0.15) is 31.4 Å². The third-order valence-corrected chi connectivity index (χ3v) is 8.96. The second-order valence-corrected chi connectivity index (χ2v) is 12.2. The van der Waals surface area contributed by atoms with Gasteiger partial charge in [0.25, 0.3) is 0 Å². The Morgan fingerprint density at radius 3 is 2.13 bits per heavy atom. The van der Waals surface area contributed by atoms with Crippen molar-refractivity contribution in [3.05, 3.63) is 59.7 Å². The maximum atomic E-state index is 13.7. The van der Waals surface area contributed by atoms with E-state index in [0.717, 1.165) is 0 Å². The first-order valence-corrected chi connectivity index (χ1v) is 15.1. The molecule has 1 N–H and O–H groups in total. The summed E-state index contributed by atoms with van der Waals surface area (Å²) in [6.07, 6.45) is -1.62. The molecule has 1 aliphatic carbocycles. The van der Waals surface area contributed by atoms with Crippen molar-refractivity contribution < 1.29 is 45.8 Å². The van der Waals surface area contributed by atoms with Gasteiger partial charge in [-0.3, -0.25) is 9.48 Å². The van der Waals surface area contributed by atoms with Gasteiger partial charge in [-0.25, -0.2) is 14.8 Å². The van der Waals surface area contributed by atoms with Crippen LogP contribution in [-0.4, -0.2) is 67.1 Å². The van der Waals surface area contributed by atoms with Crippen LogP contribution in [0.5, 0.6) is 0 Å². The number of carbonyl (C=O) groups excluding carboxylic acids is 1. The number of ether oxygens (including phenoxy) is 1. The Labute approximate surface area is 266 Å². The number of likely N-dealkylation sites (tertiary alicyclic amines) is 1. The first kappa shape index (κ1) is 34.0. The van der Waals surface area contributed by atoms with Crippen LogP contribution in [0.2, 0.25) is 0 Å². The molecular weight excluding hydrogens is 634 g/mol. The first-order valence-electron chi connectivity index (χ1n) is 15.1.